The maximum atomic E-state index is 13.0. The fraction of sp³-hybridized carbons (Fsp3) is 0. The molecule has 0 fully saturated rings. The molecule has 0 spiro atoms. The molecule has 4 aromatic rings. The van der Waals surface area contributed by atoms with Crippen LogP contribution >= 0.6 is 0 Å². The summed E-state index contributed by atoms with van der Waals surface area (Å²) in [6.07, 6.45) is 3.00. The minimum atomic E-state index is -3.75. The molecule has 0 radical (unpaired) electrons. The molecule has 0 aliphatic rings. The molecule has 4 nitrogen and oxygen atoms in total. The maximum absolute atomic E-state index is 13.0. The van der Waals surface area contributed by atoms with E-state index in [9.17, 15) is 12.8 Å². The van der Waals surface area contributed by atoms with Crippen LogP contribution in [0.15, 0.2) is 84.0 Å². The summed E-state index contributed by atoms with van der Waals surface area (Å²) < 4.78 is 39.9. The van der Waals surface area contributed by atoms with Crippen LogP contribution in [-0.4, -0.2) is 17.4 Å². The lowest BCUT2D eigenvalue weighted by molar-refractivity contribution is 0.588. The van der Waals surface area contributed by atoms with Crippen molar-refractivity contribution in [2.24, 2.45) is 0 Å². The molecule has 0 unspecified atom stereocenters. The van der Waals surface area contributed by atoms with Crippen molar-refractivity contribution >= 4 is 21.1 Å². The van der Waals surface area contributed by atoms with Crippen molar-refractivity contribution in [3.05, 3.63) is 96.1 Å². The summed E-state index contributed by atoms with van der Waals surface area (Å²) >= 11 is 0. The molecule has 27 heavy (non-hydrogen) atoms. The standard InChI is InChI=1S/C21H13FN2O2S/c22-18-10-7-16(8-11-18)6-9-17-12-14-23-21-20(17)13-15-24(21)27(25,26)19-4-2-1-3-5-19/h1-5,7-8,10-15H. The topological polar surface area (TPSA) is 52.0 Å². The van der Waals surface area contributed by atoms with Gasteiger partial charge in [-0.3, -0.25) is 0 Å². The summed E-state index contributed by atoms with van der Waals surface area (Å²) in [6.45, 7) is 0. The van der Waals surface area contributed by atoms with E-state index in [0.29, 0.717) is 22.2 Å². The van der Waals surface area contributed by atoms with Crippen molar-refractivity contribution in [2.45, 2.75) is 4.90 Å². The summed E-state index contributed by atoms with van der Waals surface area (Å²) in [4.78, 5) is 4.41. The second kappa shape index (κ2) is 6.71. The second-order valence-corrected chi connectivity index (χ2v) is 7.60. The molecule has 0 atom stereocenters. The Labute approximate surface area is 156 Å². The minimum Gasteiger partial charge on any atom is -0.237 e. The van der Waals surface area contributed by atoms with Crippen LogP contribution in [0.3, 0.4) is 0 Å². The Bertz CT molecular complexity index is 1280. The normalized spacial score (nSPS) is 11.1. The van der Waals surface area contributed by atoms with Gasteiger partial charge in [0.1, 0.15) is 5.82 Å². The number of fused-ring (bicyclic) bond motifs is 1. The fourth-order valence-electron chi connectivity index (χ4n) is 2.70. The van der Waals surface area contributed by atoms with Gasteiger partial charge in [-0.25, -0.2) is 21.8 Å². The third-order valence-corrected chi connectivity index (χ3v) is 5.72. The molecule has 2 aromatic heterocycles. The summed E-state index contributed by atoms with van der Waals surface area (Å²) in [5.74, 6) is 5.64. The number of aromatic nitrogens is 2. The predicted molar refractivity (Wildman–Crippen MR) is 101 cm³/mol. The Morgan fingerprint density at radius 3 is 2.37 bits per heavy atom. The van der Waals surface area contributed by atoms with E-state index in [1.165, 1.54) is 24.5 Å². The van der Waals surface area contributed by atoms with E-state index in [0.717, 1.165) is 3.97 Å². The van der Waals surface area contributed by atoms with Crippen molar-refractivity contribution in [2.75, 3.05) is 0 Å². The molecule has 6 heteroatoms. The zero-order valence-electron chi connectivity index (χ0n) is 14.0. The maximum Gasteiger partial charge on any atom is 0.269 e. The highest BCUT2D eigenvalue weighted by molar-refractivity contribution is 7.90. The molecule has 0 bridgehead atoms. The van der Waals surface area contributed by atoms with Crippen LogP contribution in [-0.2, 0) is 10.0 Å². The van der Waals surface area contributed by atoms with Crippen LogP contribution in [0.4, 0.5) is 4.39 Å². The van der Waals surface area contributed by atoms with E-state index in [-0.39, 0.29) is 10.7 Å². The van der Waals surface area contributed by atoms with Crippen LogP contribution in [0.2, 0.25) is 0 Å². The van der Waals surface area contributed by atoms with Crippen LogP contribution in [0, 0.1) is 17.7 Å². The molecule has 2 heterocycles. The van der Waals surface area contributed by atoms with Gasteiger partial charge in [0.15, 0.2) is 5.65 Å². The first kappa shape index (κ1) is 17.0. The Morgan fingerprint density at radius 1 is 0.889 bits per heavy atom. The van der Waals surface area contributed by atoms with Gasteiger partial charge in [0.25, 0.3) is 10.0 Å². The van der Waals surface area contributed by atoms with E-state index in [1.54, 1.807) is 54.6 Å². The van der Waals surface area contributed by atoms with Crippen molar-refractivity contribution in [1.29, 1.82) is 0 Å². The number of pyridine rings is 1. The van der Waals surface area contributed by atoms with Crippen molar-refractivity contribution in [3.63, 3.8) is 0 Å². The van der Waals surface area contributed by atoms with Gasteiger partial charge in [-0.1, -0.05) is 30.0 Å². The zero-order valence-corrected chi connectivity index (χ0v) is 14.8. The van der Waals surface area contributed by atoms with Gasteiger partial charge in [-0.15, -0.1) is 0 Å². The quantitative estimate of drug-likeness (QED) is 0.500. The van der Waals surface area contributed by atoms with Crippen molar-refractivity contribution < 1.29 is 12.8 Å². The van der Waals surface area contributed by atoms with E-state index in [2.05, 4.69) is 16.8 Å². The number of nitrogens with zero attached hydrogens (tertiary/aromatic N) is 2. The molecule has 0 saturated heterocycles. The number of halogens is 1. The predicted octanol–water partition coefficient (Wildman–Crippen LogP) is 3.81. The highest BCUT2D eigenvalue weighted by Gasteiger charge is 2.19. The Hall–Kier alpha value is -3.43. The van der Waals surface area contributed by atoms with Gasteiger partial charge >= 0.3 is 0 Å². The summed E-state index contributed by atoms with van der Waals surface area (Å²) in [7, 11) is -3.75. The Kier molecular flexibility index (Phi) is 4.22. The van der Waals surface area contributed by atoms with Gasteiger partial charge < -0.3 is 0 Å². The average molecular weight is 376 g/mol. The molecule has 0 amide bonds. The first-order valence-corrected chi connectivity index (χ1v) is 9.54. The zero-order chi connectivity index (χ0) is 18.9. The van der Waals surface area contributed by atoms with E-state index in [4.69, 9.17) is 0 Å². The number of hydrogen-bond acceptors (Lipinski definition) is 3. The second-order valence-electron chi connectivity index (χ2n) is 5.78. The van der Waals surface area contributed by atoms with E-state index >= 15 is 0 Å². The molecule has 0 aliphatic heterocycles. The largest absolute Gasteiger partial charge is 0.269 e. The van der Waals surface area contributed by atoms with Gasteiger partial charge in [0.2, 0.25) is 0 Å². The smallest absolute Gasteiger partial charge is 0.237 e. The van der Waals surface area contributed by atoms with Crippen molar-refractivity contribution in [1.82, 2.24) is 8.96 Å². The Balaban J connectivity index is 1.80. The third-order valence-electron chi connectivity index (χ3n) is 4.04. The lowest BCUT2D eigenvalue weighted by Crippen LogP contribution is -2.12. The van der Waals surface area contributed by atoms with Crippen LogP contribution in [0.5, 0.6) is 0 Å². The molecule has 0 aliphatic carbocycles. The third kappa shape index (κ3) is 3.21. The fourth-order valence-corrected chi connectivity index (χ4v) is 4.02. The molecule has 132 valence electrons. The molecular weight excluding hydrogens is 363 g/mol. The highest BCUT2D eigenvalue weighted by Crippen LogP contribution is 2.22. The van der Waals surface area contributed by atoms with Crippen LogP contribution in [0.25, 0.3) is 11.0 Å². The number of rotatable bonds is 2. The van der Waals surface area contributed by atoms with E-state index in [1.807, 2.05) is 0 Å². The van der Waals surface area contributed by atoms with Crippen molar-refractivity contribution in [3.8, 4) is 11.8 Å². The van der Waals surface area contributed by atoms with Gasteiger partial charge in [-0.05, 0) is 48.5 Å². The number of benzene rings is 2. The Morgan fingerprint density at radius 2 is 1.63 bits per heavy atom. The van der Waals surface area contributed by atoms with E-state index < -0.39 is 10.0 Å². The van der Waals surface area contributed by atoms with Gasteiger partial charge in [0.05, 0.1) is 4.90 Å². The van der Waals surface area contributed by atoms with Crippen LogP contribution in [0.1, 0.15) is 11.1 Å². The van der Waals surface area contributed by atoms with Crippen LogP contribution < -0.4 is 0 Å². The molecular formula is C21H13FN2O2S. The molecule has 2 aromatic carbocycles. The number of hydrogen-bond donors (Lipinski definition) is 0. The monoisotopic (exact) mass is 376 g/mol. The molecule has 4 rings (SSSR count). The lowest BCUT2D eigenvalue weighted by atomic mass is 10.1. The summed E-state index contributed by atoms with van der Waals surface area (Å²) in [6, 6.07) is 17.4. The average Bonchev–Trinajstić information content (AvgIpc) is 3.14. The molecule has 0 N–H and O–H groups in total. The highest BCUT2D eigenvalue weighted by atomic mass is 32.2. The summed E-state index contributed by atoms with van der Waals surface area (Å²) in [5, 5.41) is 0.631. The SMILES string of the molecule is O=S(=O)(c1ccccc1)n1ccc2c(C#Cc3ccc(F)cc3)ccnc21. The summed E-state index contributed by atoms with van der Waals surface area (Å²) in [5.41, 5.74) is 1.62. The first-order chi connectivity index (χ1) is 13.1. The lowest BCUT2D eigenvalue weighted by Gasteiger charge is -2.06. The minimum absolute atomic E-state index is 0.187. The first-order valence-electron chi connectivity index (χ1n) is 8.10. The molecule has 0 saturated carbocycles. The van der Waals surface area contributed by atoms with Gasteiger partial charge in [-0.2, -0.15) is 0 Å². The van der Waals surface area contributed by atoms with Gasteiger partial charge in [0, 0.05) is 28.9 Å².